The molecule has 0 unspecified atom stereocenters. The Morgan fingerprint density at radius 3 is 2.70 bits per heavy atom. The molecule has 4 aromatic rings. The molecule has 0 saturated heterocycles. The van der Waals surface area contributed by atoms with Crippen molar-refractivity contribution in [1.29, 1.82) is 0 Å². The molecule has 0 aliphatic rings. The summed E-state index contributed by atoms with van der Waals surface area (Å²) < 4.78 is 2.98. The number of carbonyl (C=O) groups is 1. The lowest BCUT2D eigenvalue weighted by molar-refractivity contribution is -0.120. The third-order valence-corrected chi connectivity index (χ3v) is 5.68. The number of fused-ring (bicyclic) bond motifs is 1. The topological polar surface area (TPSA) is 59.8 Å². The minimum absolute atomic E-state index is 0.0230. The van der Waals surface area contributed by atoms with Crippen LogP contribution in [0.3, 0.4) is 0 Å². The van der Waals surface area contributed by atoms with Crippen LogP contribution in [0.15, 0.2) is 67.0 Å². The quantitative estimate of drug-likeness (QED) is 0.554. The van der Waals surface area contributed by atoms with Crippen LogP contribution in [0.5, 0.6) is 0 Å². The van der Waals surface area contributed by atoms with Crippen LogP contribution in [-0.4, -0.2) is 27.2 Å². The molecule has 5 nitrogen and oxygen atoms in total. The Morgan fingerprint density at radius 1 is 1.15 bits per heavy atom. The summed E-state index contributed by atoms with van der Waals surface area (Å²) in [6.45, 7) is 2.68. The average Bonchev–Trinajstić information content (AvgIpc) is 3.36. The van der Waals surface area contributed by atoms with Crippen LogP contribution in [0.2, 0.25) is 0 Å². The van der Waals surface area contributed by atoms with Crippen LogP contribution in [0.1, 0.15) is 23.4 Å². The second-order valence-electron chi connectivity index (χ2n) is 6.52. The van der Waals surface area contributed by atoms with Gasteiger partial charge in [0.1, 0.15) is 0 Å². The van der Waals surface area contributed by atoms with Crippen molar-refractivity contribution < 1.29 is 4.79 Å². The average molecular weight is 376 g/mol. The van der Waals surface area contributed by atoms with Crippen LogP contribution in [0, 0.1) is 0 Å². The number of nitrogens with zero attached hydrogens (tertiary/aromatic N) is 3. The normalized spacial score (nSPS) is 12.2. The molecular weight excluding hydrogens is 356 g/mol. The van der Waals surface area contributed by atoms with E-state index in [1.807, 2.05) is 54.7 Å². The molecule has 0 fully saturated rings. The zero-order valence-electron chi connectivity index (χ0n) is 15.0. The maximum atomic E-state index is 12.3. The van der Waals surface area contributed by atoms with Gasteiger partial charge in [0.15, 0.2) is 0 Å². The van der Waals surface area contributed by atoms with Gasteiger partial charge in [-0.05, 0) is 35.9 Å². The van der Waals surface area contributed by atoms with Crippen molar-refractivity contribution >= 4 is 27.5 Å². The zero-order chi connectivity index (χ0) is 18.6. The summed E-state index contributed by atoms with van der Waals surface area (Å²) in [5.41, 5.74) is 2.98. The first kappa shape index (κ1) is 17.4. The van der Waals surface area contributed by atoms with Crippen LogP contribution < -0.4 is 5.32 Å². The molecular formula is C21H20N4OS. The molecule has 136 valence electrons. The number of hydrogen-bond acceptors (Lipinski definition) is 4. The lowest BCUT2D eigenvalue weighted by Gasteiger charge is -2.10. The number of amides is 1. The van der Waals surface area contributed by atoms with Crippen molar-refractivity contribution in [3.63, 3.8) is 0 Å². The molecule has 2 aromatic heterocycles. The van der Waals surface area contributed by atoms with Crippen LogP contribution in [0.25, 0.3) is 15.9 Å². The molecule has 1 N–H and O–H groups in total. The number of benzene rings is 2. The minimum Gasteiger partial charge on any atom is -0.355 e. The summed E-state index contributed by atoms with van der Waals surface area (Å²) in [4.78, 5) is 17.0. The standard InChI is InChI=1S/C21H20N4OS/c1-15(21-24-18-5-2-3-6-19(18)27-21)14-22-20(26)13-16-7-9-17(10-8-16)25-12-4-11-23-25/h2-12,15H,13-14H2,1H3,(H,22,26)/t15-/m1/s1. The second kappa shape index (κ2) is 7.72. The first-order valence-corrected chi connectivity index (χ1v) is 9.72. The lowest BCUT2D eigenvalue weighted by atomic mass is 10.1. The van der Waals surface area contributed by atoms with Gasteiger partial charge in [0, 0.05) is 24.9 Å². The van der Waals surface area contributed by atoms with Gasteiger partial charge in [-0.25, -0.2) is 9.67 Å². The van der Waals surface area contributed by atoms with Crippen molar-refractivity contribution in [2.75, 3.05) is 6.54 Å². The minimum atomic E-state index is 0.0230. The lowest BCUT2D eigenvalue weighted by Crippen LogP contribution is -2.28. The van der Waals surface area contributed by atoms with Crippen molar-refractivity contribution in [2.45, 2.75) is 19.3 Å². The number of carbonyl (C=O) groups excluding carboxylic acids is 1. The Kier molecular flexibility index (Phi) is 4.98. The van der Waals surface area contributed by atoms with E-state index in [9.17, 15) is 4.79 Å². The van der Waals surface area contributed by atoms with Crippen LogP contribution in [0.4, 0.5) is 0 Å². The maximum Gasteiger partial charge on any atom is 0.224 e. The van der Waals surface area contributed by atoms with Gasteiger partial charge in [-0.15, -0.1) is 11.3 Å². The zero-order valence-corrected chi connectivity index (χ0v) is 15.8. The molecule has 2 aromatic carbocycles. The number of rotatable bonds is 6. The SMILES string of the molecule is C[C@H](CNC(=O)Cc1ccc(-n2cccn2)cc1)c1nc2ccccc2s1. The molecule has 27 heavy (non-hydrogen) atoms. The van der Waals surface area contributed by atoms with Crippen LogP contribution >= 0.6 is 11.3 Å². The molecule has 1 amide bonds. The van der Waals surface area contributed by atoms with Gasteiger partial charge >= 0.3 is 0 Å². The molecule has 2 heterocycles. The van der Waals surface area contributed by atoms with E-state index in [0.717, 1.165) is 21.8 Å². The van der Waals surface area contributed by atoms with E-state index in [1.54, 1.807) is 22.2 Å². The first-order chi connectivity index (χ1) is 13.2. The molecule has 0 saturated carbocycles. The molecule has 1 atom stereocenters. The largest absolute Gasteiger partial charge is 0.355 e. The van der Waals surface area contributed by atoms with E-state index in [4.69, 9.17) is 0 Å². The first-order valence-electron chi connectivity index (χ1n) is 8.90. The highest BCUT2D eigenvalue weighted by atomic mass is 32.1. The van der Waals surface area contributed by atoms with Crippen molar-refractivity contribution in [2.24, 2.45) is 0 Å². The van der Waals surface area contributed by atoms with Gasteiger partial charge in [0.25, 0.3) is 0 Å². The van der Waals surface area contributed by atoms with E-state index in [2.05, 4.69) is 28.4 Å². The number of hydrogen-bond donors (Lipinski definition) is 1. The molecule has 0 aliphatic carbocycles. The van der Waals surface area contributed by atoms with Crippen molar-refractivity contribution in [3.8, 4) is 5.69 Å². The fourth-order valence-electron chi connectivity index (χ4n) is 2.89. The van der Waals surface area contributed by atoms with E-state index >= 15 is 0 Å². The number of para-hydroxylation sites is 1. The number of nitrogens with one attached hydrogen (secondary N) is 1. The Bertz CT molecular complexity index is 1000. The predicted octanol–water partition coefficient (Wildman–Crippen LogP) is 3.94. The van der Waals surface area contributed by atoms with E-state index < -0.39 is 0 Å². The number of thiazole rings is 1. The third kappa shape index (κ3) is 4.06. The van der Waals surface area contributed by atoms with Gasteiger partial charge in [-0.1, -0.05) is 31.2 Å². The fourth-order valence-corrected chi connectivity index (χ4v) is 3.91. The Balaban J connectivity index is 1.32. The van der Waals surface area contributed by atoms with Gasteiger partial charge in [0.05, 0.1) is 27.3 Å². The van der Waals surface area contributed by atoms with Gasteiger partial charge in [0.2, 0.25) is 5.91 Å². The summed E-state index contributed by atoms with van der Waals surface area (Å²) >= 11 is 1.69. The summed E-state index contributed by atoms with van der Waals surface area (Å²) in [7, 11) is 0. The molecule has 0 spiro atoms. The molecule has 6 heteroatoms. The molecule has 4 rings (SSSR count). The maximum absolute atomic E-state index is 12.3. The highest BCUT2D eigenvalue weighted by Crippen LogP contribution is 2.26. The van der Waals surface area contributed by atoms with Crippen molar-refractivity contribution in [1.82, 2.24) is 20.1 Å². The smallest absolute Gasteiger partial charge is 0.224 e. The second-order valence-corrected chi connectivity index (χ2v) is 7.58. The highest BCUT2D eigenvalue weighted by molar-refractivity contribution is 7.18. The monoisotopic (exact) mass is 376 g/mol. The number of aromatic nitrogens is 3. The summed E-state index contributed by atoms with van der Waals surface area (Å²) in [6, 6.07) is 17.9. The van der Waals surface area contributed by atoms with Gasteiger partial charge < -0.3 is 5.32 Å². The summed E-state index contributed by atoms with van der Waals surface area (Å²) in [5.74, 6) is 0.211. The Labute approximate surface area is 161 Å². The Hall–Kier alpha value is -2.99. The van der Waals surface area contributed by atoms with Crippen LogP contribution in [-0.2, 0) is 11.2 Å². The summed E-state index contributed by atoms with van der Waals surface area (Å²) in [6.07, 6.45) is 4.01. The van der Waals surface area contributed by atoms with E-state index in [1.165, 1.54) is 4.70 Å². The fraction of sp³-hybridized carbons (Fsp3) is 0.190. The molecule has 0 aliphatic heterocycles. The van der Waals surface area contributed by atoms with E-state index in [0.29, 0.717) is 13.0 Å². The third-order valence-electron chi connectivity index (χ3n) is 4.41. The molecule has 0 bridgehead atoms. The van der Waals surface area contributed by atoms with Gasteiger partial charge in [-0.2, -0.15) is 5.10 Å². The van der Waals surface area contributed by atoms with E-state index in [-0.39, 0.29) is 11.8 Å². The predicted molar refractivity (Wildman–Crippen MR) is 108 cm³/mol. The Morgan fingerprint density at radius 2 is 1.96 bits per heavy atom. The summed E-state index contributed by atoms with van der Waals surface area (Å²) in [5, 5.41) is 8.28. The highest BCUT2D eigenvalue weighted by Gasteiger charge is 2.13. The van der Waals surface area contributed by atoms with Crippen molar-refractivity contribution in [3.05, 3.63) is 77.6 Å². The van der Waals surface area contributed by atoms with Gasteiger partial charge in [-0.3, -0.25) is 4.79 Å². The molecule has 0 radical (unpaired) electrons.